The molecule has 16 heavy (non-hydrogen) atoms. The molecule has 0 aromatic rings. The minimum atomic E-state index is 0.168. The molecule has 1 N–H and O–H groups in total. The van der Waals surface area contributed by atoms with Crippen molar-refractivity contribution in [3.63, 3.8) is 0 Å². The maximum atomic E-state index is 11.5. The topological polar surface area (TPSA) is 29.1 Å². The van der Waals surface area contributed by atoms with Gasteiger partial charge in [-0.25, -0.2) is 0 Å². The Morgan fingerprint density at radius 1 is 1.00 bits per heavy atom. The van der Waals surface area contributed by atoms with E-state index in [9.17, 15) is 4.79 Å². The Hall–Kier alpha value is -0.570. The molecule has 0 saturated carbocycles. The van der Waals surface area contributed by atoms with Crippen LogP contribution in [0.5, 0.6) is 0 Å². The summed E-state index contributed by atoms with van der Waals surface area (Å²) in [5.74, 6) is 0.168. The third-order valence-corrected chi connectivity index (χ3v) is 2.47. The van der Waals surface area contributed by atoms with Gasteiger partial charge in [0.2, 0.25) is 0 Å². The molecule has 0 unspecified atom stereocenters. The molecule has 0 fully saturated rings. The zero-order valence-corrected chi connectivity index (χ0v) is 11.5. The summed E-state index contributed by atoms with van der Waals surface area (Å²) in [4.78, 5) is 11.5. The van der Waals surface area contributed by atoms with Crippen LogP contribution in [0.15, 0.2) is 0 Å². The van der Waals surface area contributed by atoms with E-state index in [0.29, 0.717) is 11.0 Å². The molecule has 0 spiro atoms. The van der Waals surface area contributed by atoms with Gasteiger partial charge in [0, 0.05) is 6.54 Å². The molecule has 0 heterocycles. The summed E-state index contributed by atoms with van der Waals surface area (Å²) >= 11 is 0. The van der Waals surface area contributed by atoms with E-state index in [1.807, 2.05) is 21.1 Å². The van der Waals surface area contributed by atoms with Crippen LogP contribution in [0.25, 0.3) is 0 Å². The van der Waals surface area contributed by atoms with Gasteiger partial charge in [0.05, 0.1) is 21.1 Å². The second-order valence-electron chi connectivity index (χ2n) is 5.57. The molecule has 0 rings (SSSR count). The van der Waals surface area contributed by atoms with Crippen LogP contribution < -0.4 is 5.32 Å². The Morgan fingerprint density at radius 2 is 1.56 bits per heavy atom. The number of rotatable bonds is 9. The molecule has 96 valence electrons. The van der Waals surface area contributed by atoms with Crippen molar-refractivity contribution in [2.75, 3.05) is 34.2 Å². The number of nitrogens with one attached hydrogen (secondary N) is 1. The second kappa shape index (κ2) is 8.57. The van der Waals surface area contributed by atoms with E-state index in [1.165, 1.54) is 32.1 Å². The molecule has 0 aliphatic carbocycles. The van der Waals surface area contributed by atoms with Crippen LogP contribution in [0.4, 0.5) is 0 Å². The lowest BCUT2D eigenvalue weighted by Crippen LogP contribution is -2.44. The Balaban J connectivity index is 3.28. The van der Waals surface area contributed by atoms with Gasteiger partial charge in [-0.1, -0.05) is 39.0 Å². The monoisotopic (exact) mass is 229 g/mol. The van der Waals surface area contributed by atoms with Crippen molar-refractivity contribution in [2.45, 2.75) is 45.4 Å². The van der Waals surface area contributed by atoms with Crippen molar-refractivity contribution >= 4 is 5.91 Å². The molecule has 3 heteroatoms. The number of quaternary nitrogens is 1. The predicted octanol–water partition coefficient (Wildman–Crippen LogP) is 2.17. The van der Waals surface area contributed by atoms with E-state index in [-0.39, 0.29) is 5.91 Å². The van der Waals surface area contributed by atoms with Crippen LogP contribution in [0, 0.1) is 0 Å². The van der Waals surface area contributed by atoms with Gasteiger partial charge in [0.1, 0.15) is 0 Å². The molecule has 0 saturated heterocycles. The van der Waals surface area contributed by atoms with E-state index in [2.05, 4.69) is 12.2 Å². The van der Waals surface area contributed by atoms with Crippen LogP contribution in [0.3, 0.4) is 0 Å². The lowest BCUT2D eigenvalue weighted by Gasteiger charge is -2.22. The van der Waals surface area contributed by atoms with Crippen LogP contribution >= 0.6 is 0 Å². The van der Waals surface area contributed by atoms with Crippen molar-refractivity contribution in [2.24, 2.45) is 0 Å². The molecular formula is C13H29N2O+. The number of hydrogen-bond donors (Lipinski definition) is 1. The average Bonchev–Trinajstić information content (AvgIpc) is 2.13. The first-order valence-electron chi connectivity index (χ1n) is 6.53. The number of likely N-dealkylation sites (N-methyl/N-ethyl adjacent to an activating group) is 1. The summed E-state index contributed by atoms with van der Waals surface area (Å²) in [6.07, 6.45) is 7.63. The summed E-state index contributed by atoms with van der Waals surface area (Å²) in [5, 5.41) is 2.98. The third kappa shape index (κ3) is 11.5. The first-order valence-corrected chi connectivity index (χ1v) is 6.53. The van der Waals surface area contributed by atoms with Gasteiger partial charge < -0.3 is 9.80 Å². The number of carbonyl (C=O) groups is 1. The summed E-state index contributed by atoms with van der Waals surface area (Å²) in [6.45, 7) is 3.63. The fourth-order valence-electron chi connectivity index (χ4n) is 1.62. The second-order valence-corrected chi connectivity index (χ2v) is 5.57. The standard InChI is InChI=1S/C13H28N2O/c1-5-6-7-8-9-10-11-14-13(16)12-15(2,3)4/h5-12H2,1-4H3/p+1. The predicted molar refractivity (Wildman–Crippen MR) is 69.3 cm³/mol. The van der Waals surface area contributed by atoms with Crippen molar-refractivity contribution < 1.29 is 9.28 Å². The Morgan fingerprint density at radius 3 is 2.12 bits per heavy atom. The molecule has 0 aromatic carbocycles. The summed E-state index contributed by atoms with van der Waals surface area (Å²) in [7, 11) is 6.10. The minimum absolute atomic E-state index is 0.168. The van der Waals surface area contributed by atoms with E-state index < -0.39 is 0 Å². The maximum Gasteiger partial charge on any atom is 0.275 e. The minimum Gasteiger partial charge on any atom is -0.351 e. The van der Waals surface area contributed by atoms with E-state index in [1.54, 1.807) is 0 Å². The number of amides is 1. The van der Waals surface area contributed by atoms with E-state index >= 15 is 0 Å². The fraction of sp³-hybridized carbons (Fsp3) is 0.923. The number of unbranched alkanes of at least 4 members (excludes halogenated alkanes) is 5. The van der Waals surface area contributed by atoms with Crippen molar-refractivity contribution in [3.05, 3.63) is 0 Å². The molecule has 0 aromatic heterocycles. The zero-order valence-electron chi connectivity index (χ0n) is 11.5. The Bertz CT molecular complexity index is 185. The van der Waals surface area contributed by atoms with Crippen LogP contribution in [0.2, 0.25) is 0 Å². The van der Waals surface area contributed by atoms with Gasteiger partial charge >= 0.3 is 0 Å². The van der Waals surface area contributed by atoms with Gasteiger partial charge in [0.15, 0.2) is 6.54 Å². The highest BCUT2D eigenvalue weighted by Gasteiger charge is 2.12. The lowest BCUT2D eigenvalue weighted by molar-refractivity contribution is -0.862. The molecule has 3 nitrogen and oxygen atoms in total. The highest BCUT2D eigenvalue weighted by Crippen LogP contribution is 2.03. The largest absolute Gasteiger partial charge is 0.351 e. The van der Waals surface area contributed by atoms with E-state index in [0.717, 1.165) is 13.0 Å². The summed E-state index contributed by atoms with van der Waals surface area (Å²) in [6, 6.07) is 0. The molecule has 0 radical (unpaired) electrons. The smallest absolute Gasteiger partial charge is 0.275 e. The van der Waals surface area contributed by atoms with Gasteiger partial charge in [-0.15, -0.1) is 0 Å². The normalized spacial score (nSPS) is 11.5. The quantitative estimate of drug-likeness (QED) is 0.476. The SMILES string of the molecule is CCCCCCCCNC(=O)C[N+](C)(C)C. The Labute approximate surface area is 101 Å². The van der Waals surface area contributed by atoms with Crippen molar-refractivity contribution in [1.29, 1.82) is 0 Å². The van der Waals surface area contributed by atoms with Gasteiger partial charge in [0.25, 0.3) is 5.91 Å². The van der Waals surface area contributed by atoms with Crippen LogP contribution in [0.1, 0.15) is 45.4 Å². The first kappa shape index (κ1) is 15.4. The maximum absolute atomic E-state index is 11.5. The molecule has 0 atom stereocenters. The van der Waals surface area contributed by atoms with Crippen molar-refractivity contribution in [1.82, 2.24) is 5.32 Å². The van der Waals surface area contributed by atoms with Crippen LogP contribution in [-0.2, 0) is 4.79 Å². The fourth-order valence-corrected chi connectivity index (χ4v) is 1.62. The third-order valence-electron chi connectivity index (χ3n) is 2.47. The highest BCUT2D eigenvalue weighted by molar-refractivity contribution is 5.76. The Kier molecular flexibility index (Phi) is 8.26. The molecule has 0 bridgehead atoms. The summed E-state index contributed by atoms with van der Waals surface area (Å²) in [5.41, 5.74) is 0. The lowest BCUT2D eigenvalue weighted by atomic mass is 10.1. The zero-order chi connectivity index (χ0) is 12.4. The number of carbonyl (C=O) groups excluding carboxylic acids is 1. The first-order chi connectivity index (χ1) is 7.45. The van der Waals surface area contributed by atoms with Crippen molar-refractivity contribution in [3.8, 4) is 0 Å². The van der Waals surface area contributed by atoms with Crippen LogP contribution in [-0.4, -0.2) is 44.6 Å². The molecule has 0 aliphatic heterocycles. The van der Waals surface area contributed by atoms with Gasteiger partial charge in [-0.3, -0.25) is 4.79 Å². The highest BCUT2D eigenvalue weighted by atomic mass is 16.2. The van der Waals surface area contributed by atoms with E-state index in [4.69, 9.17) is 0 Å². The number of nitrogens with zero attached hydrogens (tertiary/aromatic N) is 1. The molecular weight excluding hydrogens is 200 g/mol. The molecule has 0 aliphatic rings. The molecule has 1 amide bonds. The van der Waals surface area contributed by atoms with Gasteiger partial charge in [-0.05, 0) is 6.42 Å². The average molecular weight is 229 g/mol. The summed E-state index contributed by atoms with van der Waals surface area (Å²) < 4.78 is 0.697. The van der Waals surface area contributed by atoms with Gasteiger partial charge in [-0.2, -0.15) is 0 Å². The number of hydrogen-bond acceptors (Lipinski definition) is 1.